The molecule has 15 heavy (non-hydrogen) atoms. The summed E-state index contributed by atoms with van der Waals surface area (Å²) in [6.07, 6.45) is 1.39. The van der Waals surface area contributed by atoms with Crippen molar-refractivity contribution in [2.24, 2.45) is 0 Å². The number of nitrogens with zero attached hydrogens (tertiary/aromatic N) is 1. The van der Waals surface area contributed by atoms with E-state index in [2.05, 4.69) is 18.7 Å². The Balaban J connectivity index is 2.33. The van der Waals surface area contributed by atoms with Crippen LogP contribution in [0.5, 0.6) is 5.75 Å². The van der Waals surface area contributed by atoms with Crippen molar-refractivity contribution >= 4 is 11.4 Å². The molecule has 2 rings (SSSR count). The quantitative estimate of drug-likeness (QED) is 0.754. The first-order chi connectivity index (χ1) is 7.20. The van der Waals surface area contributed by atoms with Crippen LogP contribution >= 0.6 is 0 Å². The number of nitrogen functional groups attached to an aromatic ring is 1. The summed E-state index contributed by atoms with van der Waals surface area (Å²) in [6.45, 7) is 6.32. The summed E-state index contributed by atoms with van der Waals surface area (Å²) in [7, 11) is 0. The summed E-state index contributed by atoms with van der Waals surface area (Å²) in [6, 6.07) is 5.89. The molecular formula is C12H18N2O. The Morgan fingerprint density at radius 2 is 2.33 bits per heavy atom. The van der Waals surface area contributed by atoms with Gasteiger partial charge in [0, 0.05) is 18.3 Å². The van der Waals surface area contributed by atoms with E-state index in [1.54, 1.807) is 0 Å². The molecule has 0 amide bonds. The van der Waals surface area contributed by atoms with E-state index < -0.39 is 0 Å². The average Bonchev–Trinajstić information content (AvgIpc) is 2.17. The predicted molar refractivity (Wildman–Crippen MR) is 63.4 cm³/mol. The molecule has 3 nitrogen and oxygen atoms in total. The van der Waals surface area contributed by atoms with Gasteiger partial charge in [0.05, 0.1) is 12.2 Å². The van der Waals surface area contributed by atoms with E-state index in [0.29, 0.717) is 0 Å². The number of rotatable bonds is 2. The molecule has 0 radical (unpaired) electrons. The Hall–Kier alpha value is -1.38. The summed E-state index contributed by atoms with van der Waals surface area (Å²) in [5.74, 6) is 0.919. The lowest BCUT2D eigenvalue weighted by Crippen LogP contribution is -2.38. The lowest BCUT2D eigenvalue weighted by Gasteiger charge is -2.34. The van der Waals surface area contributed by atoms with Crippen molar-refractivity contribution in [2.75, 3.05) is 23.7 Å². The fourth-order valence-electron chi connectivity index (χ4n) is 2.03. The first-order valence-corrected chi connectivity index (χ1v) is 5.52. The number of anilines is 2. The Labute approximate surface area is 90.8 Å². The Morgan fingerprint density at radius 3 is 3.07 bits per heavy atom. The fraction of sp³-hybridized carbons (Fsp3) is 0.500. The van der Waals surface area contributed by atoms with Crippen LogP contribution in [-0.2, 0) is 0 Å². The number of ether oxygens (including phenoxy) is 1. The Morgan fingerprint density at radius 1 is 1.53 bits per heavy atom. The molecule has 1 atom stereocenters. The van der Waals surface area contributed by atoms with Crippen LogP contribution in [0.1, 0.15) is 20.3 Å². The van der Waals surface area contributed by atoms with E-state index in [0.717, 1.165) is 30.9 Å². The second-order valence-electron chi connectivity index (χ2n) is 4.10. The molecule has 1 heterocycles. The minimum atomic E-state index is 0.242. The number of benzene rings is 1. The van der Waals surface area contributed by atoms with Gasteiger partial charge in [-0.3, -0.25) is 0 Å². The highest BCUT2D eigenvalue weighted by atomic mass is 16.5. The van der Waals surface area contributed by atoms with Crippen LogP contribution in [0.2, 0.25) is 0 Å². The number of nitrogens with two attached hydrogens (primary N) is 1. The minimum Gasteiger partial charge on any atom is -0.487 e. The summed E-state index contributed by atoms with van der Waals surface area (Å²) in [4.78, 5) is 2.36. The van der Waals surface area contributed by atoms with Gasteiger partial charge in [-0.2, -0.15) is 0 Å². The third-order valence-electron chi connectivity index (χ3n) is 2.62. The van der Waals surface area contributed by atoms with Crippen LogP contribution in [0.4, 0.5) is 11.4 Å². The monoisotopic (exact) mass is 206 g/mol. The molecular weight excluding hydrogens is 188 g/mol. The van der Waals surface area contributed by atoms with Gasteiger partial charge in [-0.15, -0.1) is 0 Å². The lowest BCUT2D eigenvalue weighted by atomic mass is 10.1. The third kappa shape index (κ3) is 2.01. The SMILES string of the molecule is CCCN1CC(C)Oc2cc(N)ccc21. The van der Waals surface area contributed by atoms with Gasteiger partial charge in [0.15, 0.2) is 0 Å². The van der Waals surface area contributed by atoms with Crippen molar-refractivity contribution in [2.45, 2.75) is 26.4 Å². The molecule has 1 unspecified atom stereocenters. The molecule has 1 aromatic carbocycles. The first kappa shape index (κ1) is 10.1. The van der Waals surface area contributed by atoms with E-state index in [1.165, 1.54) is 5.69 Å². The van der Waals surface area contributed by atoms with Gasteiger partial charge in [0.1, 0.15) is 11.9 Å². The van der Waals surface area contributed by atoms with Crippen molar-refractivity contribution in [1.29, 1.82) is 0 Å². The van der Waals surface area contributed by atoms with Gasteiger partial charge in [0.25, 0.3) is 0 Å². The normalized spacial score (nSPS) is 19.6. The summed E-state index contributed by atoms with van der Waals surface area (Å²) in [5, 5.41) is 0. The Kier molecular flexibility index (Phi) is 2.71. The summed E-state index contributed by atoms with van der Waals surface area (Å²) in [5.41, 5.74) is 7.68. The highest BCUT2D eigenvalue weighted by molar-refractivity contribution is 5.65. The van der Waals surface area contributed by atoms with Crippen LogP contribution in [0.3, 0.4) is 0 Å². The van der Waals surface area contributed by atoms with Crippen LogP contribution < -0.4 is 15.4 Å². The maximum Gasteiger partial charge on any atom is 0.145 e. The molecule has 82 valence electrons. The van der Waals surface area contributed by atoms with Crippen molar-refractivity contribution in [3.63, 3.8) is 0 Å². The maximum absolute atomic E-state index is 5.77. The molecule has 0 fully saturated rings. The standard InChI is InChI=1S/C12H18N2O/c1-3-6-14-8-9(2)15-12-7-10(13)4-5-11(12)14/h4-5,7,9H,3,6,8,13H2,1-2H3. The van der Waals surface area contributed by atoms with Crippen molar-refractivity contribution in [3.05, 3.63) is 18.2 Å². The smallest absolute Gasteiger partial charge is 0.145 e. The van der Waals surface area contributed by atoms with E-state index in [4.69, 9.17) is 10.5 Å². The van der Waals surface area contributed by atoms with Crippen LogP contribution in [-0.4, -0.2) is 19.2 Å². The van der Waals surface area contributed by atoms with Crippen molar-refractivity contribution < 1.29 is 4.74 Å². The van der Waals surface area contributed by atoms with Crippen LogP contribution in [0.15, 0.2) is 18.2 Å². The largest absolute Gasteiger partial charge is 0.487 e. The third-order valence-corrected chi connectivity index (χ3v) is 2.62. The molecule has 3 heteroatoms. The van der Waals surface area contributed by atoms with Gasteiger partial charge in [-0.05, 0) is 25.5 Å². The molecule has 0 bridgehead atoms. The van der Waals surface area contributed by atoms with Gasteiger partial charge in [0.2, 0.25) is 0 Å². The molecule has 2 N–H and O–H groups in total. The second kappa shape index (κ2) is 4.01. The van der Waals surface area contributed by atoms with E-state index >= 15 is 0 Å². The molecule has 1 aliphatic heterocycles. The zero-order chi connectivity index (χ0) is 10.8. The van der Waals surface area contributed by atoms with Crippen LogP contribution in [0.25, 0.3) is 0 Å². The van der Waals surface area contributed by atoms with E-state index in [1.807, 2.05) is 18.2 Å². The summed E-state index contributed by atoms with van der Waals surface area (Å²) >= 11 is 0. The molecule has 0 aromatic heterocycles. The van der Waals surface area contributed by atoms with Gasteiger partial charge < -0.3 is 15.4 Å². The zero-order valence-corrected chi connectivity index (χ0v) is 9.36. The Bertz CT molecular complexity index is 351. The second-order valence-corrected chi connectivity index (χ2v) is 4.10. The predicted octanol–water partition coefficient (Wildman–Crippen LogP) is 2.27. The van der Waals surface area contributed by atoms with Crippen molar-refractivity contribution in [1.82, 2.24) is 0 Å². The number of fused-ring (bicyclic) bond motifs is 1. The number of hydrogen-bond donors (Lipinski definition) is 1. The highest BCUT2D eigenvalue weighted by Gasteiger charge is 2.21. The van der Waals surface area contributed by atoms with Gasteiger partial charge in [-0.25, -0.2) is 0 Å². The zero-order valence-electron chi connectivity index (χ0n) is 9.36. The molecule has 0 saturated carbocycles. The fourth-order valence-corrected chi connectivity index (χ4v) is 2.03. The van der Waals surface area contributed by atoms with E-state index in [-0.39, 0.29) is 6.10 Å². The summed E-state index contributed by atoms with van der Waals surface area (Å²) < 4.78 is 5.77. The molecule has 0 aliphatic carbocycles. The van der Waals surface area contributed by atoms with Crippen molar-refractivity contribution in [3.8, 4) is 5.75 Å². The minimum absolute atomic E-state index is 0.242. The van der Waals surface area contributed by atoms with Gasteiger partial charge >= 0.3 is 0 Å². The molecule has 1 aliphatic rings. The molecule has 0 spiro atoms. The molecule has 0 saturated heterocycles. The van der Waals surface area contributed by atoms with E-state index in [9.17, 15) is 0 Å². The van der Waals surface area contributed by atoms with Crippen LogP contribution in [0, 0.1) is 0 Å². The highest BCUT2D eigenvalue weighted by Crippen LogP contribution is 2.34. The van der Waals surface area contributed by atoms with Gasteiger partial charge in [-0.1, -0.05) is 6.92 Å². The maximum atomic E-state index is 5.77. The first-order valence-electron chi connectivity index (χ1n) is 5.52. The average molecular weight is 206 g/mol. The number of hydrogen-bond acceptors (Lipinski definition) is 3. The topological polar surface area (TPSA) is 38.5 Å². The molecule has 1 aromatic rings. The lowest BCUT2D eigenvalue weighted by molar-refractivity contribution is 0.213.